The van der Waals surface area contributed by atoms with E-state index in [1.165, 1.54) is 6.07 Å². The lowest BCUT2D eigenvalue weighted by molar-refractivity contribution is -0.148. The first-order valence-electron chi connectivity index (χ1n) is 7.97. The van der Waals surface area contributed by atoms with Crippen molar-refractivity contribution < 1.29 is 14.7 Å². The number of carbonyl (C=O) groups excluding carboxylic acids is 1. The molecule has 6 nitrogen and oxygen atoms in total. The molecule has 24 heavy (non-hydrogen) atoms. The summed E-state index contributed by atoms with van der Waals surface area (Å²) < 4.78 is 0. The third-order valence-electron chi connectivity index (χ3n) is 4.70. The predicted octanol–water partition coefficient (Wildman–Crippen LogP) is 2.15. The van der Waals surface area contributed by atoms with E-state index >= 15 is 0 Å². The van der Waals surface area contributed by atoms with E-state index in [4.69, 9.17) is 0 Å². The van der Waals surface area contributed by atoms with Gasteiger partial charge in [-0.1, -0.05) is 18.2 Å². The van der Waals surface area contributed by atoms with Crippen molar-refractivity contribution in [3.05, 3.63) is 46.2 Å². The summed E-state index contributed by atoms with van der Waals surface area (Å²) in [6, 6.07) is 7.84. The summed E-state index contributed by atoms with van der Waals surface area (Å²) in [7, 11) is 0. The zero-order valence-electron chi connectivity index (χ0n) is 13.6. The number of carboxylic acids is 1. The van der Waals surface area contributed by atoms with Gasteiger partial charge in [-0.05, 0) is 38.7 Å². The quantitative estimate of drug-likeness (QED) is 0.783. The Kier molecular flexibility index (Phi) is 3.91. The number of amides is 1. The van der Waals surface area contributed by atoms with Gasteiger partial charge in [0.15, 0.2) is 0 Å². The summed E-state index contributed by atoms with van der Waals surface area (Å²) >= 11 is 0. The number of hydrogen-bond acceptors (Lipinski definition) is 3. The Balaban J connectivity index is 1.97. The number of nitrogens with one attached hydrogen (secondary N) is 2. The number of carbonyl (C=O) groups is 2. The number of benzene rings is 1. The molecule has 0 radical (unpaired) electrons. The third-order valence-corrected chi connectivity index (χ3v) is 4.70. The third kappa shape index (κ3) is 2.91. The maximum atomic E-state index is 12.8. The van der Waals surface area contributed by atoms with Crippen LogP contribution in [0.5, 0.6) is 0 Å². The summed E-state index contributed by atoms with van der Waals surface area (Å²) in [5.74, 6) is -1.20. The lowest BCUT2D eigenvalue weighted by Crippen LogP contribution is -2.50. The van der Waals surface area contributed by atoms with Crippen LogP contribution in [-0.2, 0) is 4.79 Å². The lowest BCUT2D eigenvalue weighted by Gasteiger charge is -2.31. The van der Waals surface area contributed by atoms with Crippen LogP contribution in [0.4, 0.5) is 0 Å². The van der Waals surface area contributed by atoms with Crippen molar-refractivity contribution in [1.82, 2.24) is 10.3 Å². The molecule has 3 rings (SSSR count). The summed E-state index contributed by atoms with van der Waals surface area (Å²) in [6.45, 7) is 3.24. The van der Waals surface area contributed by atoms with Crippen LogP contribution in [0.15, 0.2) is 35.1 Å². The number of H-pyrrole nitrogens is 1. The maximum absolute atomic E-state index is 12.8. The lowest BCUT2D eigenvalue weighted by atomic mass is 9.81. The summed E-state index contributed by atoms with van der Waals surface area (Å²) in [5.41, 5.74) is -0.593. The largest absolute Gasteiger partial charge is 0.481 e. The first kappa shape index (κ1) is 16.2. The van der Waals surface area contributed by atoms with Crippen molar-refractivity contribution in [3.8, 4) is 0 Å². The Bertz CT molecular complexity index is 865. The van der Waals surface area contributed by atoms with Crippen LogP contribution in [0.2, 0.25) is 0 Å². The summed E-state index contributed by atoms with van der Waals surface area (Å²) in [4.78, 5) is 38.8. The normalized spacial score (nSPS) is 15.9. The van der Waals surface area contributed by atoms with Crippen LogP contribution in [0.25, 0.3) is 10.9 Å². The Morgan fingerprint density at radius 3 is 2.58 bits per heavy atom. The molecule has 1 aromatic carbocycles. The standard InChI is InChI=1S/C18H20N2O4/c1-18(2,17(23)24)15(10-7-8-10)20-16(22)12-9-14(21)19-13-6-4-3-5-11(12)13/h3-6,9-10,15H,7-8H2,1-2H3,(H,19,21)(H,20,22)(H,23,24). The minimum atomic E-state index is -1.08. The van der Waals surface area contributed by atoms with Crippen molar-refractivity contribution in [2.45, 2.75) is 32.7 Å². The van der Waals surface area contributed by atoms with E-state index in [9.17, 15) is 19.5 Å². The van der Waals surface area contributed by atoms with Gasteiger partial charge in [-0.15, -0.1) is 0 Å². The number of hydrogen-bond donors (Lipinski definition) is 3. The number of rotatable bonds is 5. The van der Waals surface area contributed by atoms with Crippen LogP contribution >= 0.6 is 0 Å². The van der Waals surface area contributed by atoms with E-state index in [0.29, 0.717) is 10.9 Å². The van der Waals surface area contributed by atoms with Crippen LogP contribution in [-0.4, -0.2) is 28.0 Å². The van der Waals surface area contributed by atoms with Gasteiger partial charge in [0, 0.05) is 23.0 Å². The van der Waals surface area contributed by atoms with Gasteiger partial charge in [-0.25, -0.2) is 0 Å². The maximum Gasteiger partial charge on any atom is 0.311 e. The molecule has 0 saturated heterocycles. The Morgan fingerprint density at radius 2 is 1.96 bits per heavy atom. The molecule has 1 atom stereocenters. The van der Waals surface area contributed by atoms with Gasteiger partial charge >= 0.3 is 5.97 Å². The zero-order chi connectivity index (χ0) is 17.5. The van der Waals surface area contributed by atoms with E-state index < -0.39 is 23.3 Å². The van der Waals surface area contributed by atoms with E-state index in [0.717, 1.165) is 12.8 Å². The van der Waals surface area contributed by atoms with Crippen molar-refractivity contribution in [2.24, 2.45) is 11.3 Å². The smallest absolute Gasteiger partial charge is 0.311 e. The minimum Gasteiger partial charge on any atom is -0.481 e. The SMILES string of the molecule is CC(C)(C(=O)O)C(NC(=O)c1cc(=O)[nH]c2ccccc12)C1CC1. The molecule has 0 spiro atoms. The molecule has 1 heterocycles. The highest BCUT2D eigenvalue weighted by molar-refractivity contribution is 6.06. The average molecular weight is 328 g/mol. The Morgan fingerprint density at radius 1 is 1.29 bits per heavy atom. The number of aromatic amines is 1. The second-order valence-corrected chi connectivity index (χ2v) is 6.91. The number of aliphatic carboxylic acids is 1. The van der Waals surface area contributed by atoms with Gasteiger partial charge in [-0.3, -0.25) is 14.4 Å². The molecule has 0 aliphatic heterocycles. The topological polar surface area (TPSA) is 99.3 Å². The van der Waals surface area contributed by atoms with E-state index in [2.05, 4.69) is 10.3 Å². The van der Waals surface area contributed by atoms with Crippen LogP contribution in [0.3, 0.4) is 0 Å². The highest BCUT2D eigenvalue weighted by Crippen LogP contribution is 2.41. The highest BCUT2D eigenvalue weighted by Gasteiger charge is 2.46. The zero-order valence-corrected chi connectivity index (χ0v) is 13.6. The fourth-order valence-electron chi connectivity index (χ4n) is 3.06. The fourth-order valence-corrected chi connectivity index (χ4v) is 3.06. The van der Waals surface area contributed by atoms with E-state index in [1.807, 2.05) is 0 Å². The molecule has 1 fully saturated rings. The van der Waals surface area contributed by atoms with Crippen LogP contribution in [0, 0.1) is 11.3 Å². The predicted molar refractivity (Wildman–Crippen MR) is 90.0 cm³/mol. The van der Waals surface area contributed by atoms with E-state index in [-0.39, 0.29) is 17.0 Å². The highest BCUT2D eigenvalue weighted by atomic mass is 16.4. The number of fused-ring (bicyclic) bond motifs is 1. The molecule has 1 unspecified atom stereocenters. The number of pyridine rings is 1. The van der Waals surface area contributed by atoms with Gasteiger partial charge in [0.1, 0.15) is 0 Å². The van der Waals surface area contributed by atoms with Crippen molar-refractivity contribution in [2.75, 3.05) is 0 Å². The molecule has 1 aromatic heterocycles. The van der Waals surface area contributed by atoms with Crippen molar-refractivity contribution in [1.29, 1.82) is 0 Å². The van der Waals surface area contributed by atoms with Crippen molar-refractivity contribution in [3.63, 3.8) is 0 Å². The average Bonchev–Trinajstić information content (AvgIpc) is 3.35. The van der Waals surface area contributed by atoms with Crippen LogP contribution in [0.1, 0.15) is 37.0 Å². The second kappa shape index (κ2) is 5.78. The first-order valence-corrected chi connectivity index (χ1v) is 7.97. The number of para-hydroxylation sites is 1. The van der Waals surface area contributed by atoms with Gasteiger partial charge in [0.25, 0.3) is 5.91 Å². The minimum absolute atomic E-state index is 0.160. The molecule has 126 valence electrons. The molecule has 2 aromatic rings. The summed E-state index contributed by atoms with van der Waals surface area (Å²) in [5, 5.41) is 13.0. The van der Waals surface area contributed by atoms with Crippen molar-refractivity contribution >= 4 is 22.8 Å². The molecule has 1 aliphatic rings. The molecule has 1 saturated carbocycles. The van der Waals surface area contributed by atoms with E-state index in [1.54, 1.807) is 38.1 Å². The monoisotopic (exact) mass is 328 g/mol. The van der Waals surface area contributed by atoms with Crippen LogP contribution < -0.4 is 10.9 Å². The molecule has 6 heteroatoms. The summed E-state index contributed by atoms with van der Waals surface area (Å²) in [6.07, 6.45) is 1.80. The molecule has 1 amide bonds. The molecule has 3 N–H and O–H groups in total. The molecule has 0 bridgehead atoms. The Hall–Kier alpha value is -2.63. The van der Waals surface area contributed by atoms with Gasteiger partial charge < -0.3 is 15.4 Å². The number of aromatic nitrogens is 1. The Labute approximate surface area is 138 Å². The fraction of sp³-hybridized carbons (Fsp3) is 0.389. The molecular weight excluding hydrogens is 308 g/mol. The second-order valence-electron chi connectivity index (χ2n) is 6.91. The molecule has 1 aliphatic carbocycles. The molecular formula is C18H20N2O4. The first-order chi connectivity index (χ1) is 11.3. The number of carboxylic acid groups (broad SMARTS) is 1. The van der Waals surface area contributed by atoms with Gasteiger partial charge in [0.2, 0.25) is 5.56 Å². The van der Waals surface area contributed by atoms with Gasteiger partial charge in [-0.2, -0.15) is 0 Å². The van der Waals surface area contributed by atoms with Gasteiger partial charge in [0.05, 0.1) is 11.0 Å².